The molecule has 0 spiro atoms. The maximum absolute atomic E-state index is 12.1. The molecule has 0 aromatic carbocycles. The van der Waals surface area contributed by atoms with Gasteiger partial charge in [-0.15, -0.1) is 0 Å². The van der Waals surface area contributed by atoms with Gasteiger partial charge in [0, 0.05) is 38.6 Å². The van der Waals surface area contributed by atoms with Crippen LogP contribution in [0.5, 0.6) is 0 Å². The molecule has 0 bridgehead atoms. The number of nitrogens with one attached hydrogen (secondary N) is 1. The summed E-state index contributed by atoms with van der Waals surface area (Å²) in [6, 6.07) is 1.20. The van der Waals surface area contributed by atoms with Gasteiger partial charge < -0.3 is 9.88 Å². The molecule has 0 fully saturated rings. The molecule has 1 heterocycles. The van der Waals surface area contributed by atoms with E-state index in [1.165, 1.54) is 29.8 Å². The number of hydrogen-bond acceptors (Lipinski definition) is 4. The minimum Gasteiger partial charge on any atom is -0.366 e. The first kappa shape index (κ1) is 13.9. The molecule has 1 aromatic heterocycles. The zero-order chi connectivity index (χ0) is 13.1. The molecule has 0 aliphatic carbocycles. The van der Waals surface area contributed by atoms with Crippen LogP contribution in [0.15, 0.2) is 28.2 Å². The highest BCUT2D eigenvalue weighted by Crippen LogP contribution is 2.07. The molecule has 0 radical (unpaired) electrons. The topological polar surface area (TPSA) is 73.5 Å². The lowest BCUT2D eigenvalue weighted by Crippen LogP contribution is -2.35. The van der Waals surface area contributed by atoms with Crippen LogP contribution in [-0.2, 0) is 10.0 Å². The Kier molecular flexibility index (Phi) is 4.44. The van der Waals surface area contributed by atoms with Crippen LogP contribution < -0.4 is 5.43 Å². The molecule has 1 aromatic rings. The van der Waals surface area contributed by atoms with Crippen molar-refractivity contribution in [2.75, 3.05) is 34.2 Å². The van der Waals surface area contributed by atoms with Gasteiger partial charge >= 0.3 is 0 Å². The Bertz CT molecular complexity index is 522. The van der Waals surface area contributed by atoms with Crippen LogP contribution in [0.2, 0.25) is 0 Å². The highest BCUT2D eigenvalue weighted by molar-refractivity contribution is 7.89. The SMILES string of the molecule is CN(C)CCN(C)S(=O)(=O)c1c[nH]ccc1=O. The zero-order valence-electron chi connectivity index (χ0n) is 10.2. The minimum atomic E-state index is -3.70. The first-order chi connectivity index (χ1) is 7.85. The lowest BCUT2D eigenvalue weighted by molar-refractivity contribution is 0.358. The molecule has 0 amide bonds. The second-order valence-corrected chi connectivity index (χ2v) is 6.02. The third-order valence-corrected chi connectivity index (χ3v) is 4.22. The summed E-state index contributed by atoms with van der Waals surface area (Å²) in [5.41, 5.74) is -0.500. The predicted molar refractivity (Wildman–Crippen MR) is 65.4 cm³/mol. The van der Waals surface area contributed by atoms with Gasteiger partial charge in [-0.1, -0.05) is 0 Å². The van der Waals surface area contributed by atoms with E-state index in [9.17, 15) is 13.2 Å². The van der Waals surface area contributed by atoms with Crippen molar-refractivity contribution in [2.24, 2.45) is 0 Å². The van der Waals surface area contributed by atoms with Crippen LogP contribution in [0.3, 0.4) is 0 Å². The Morgan fingerprint density at radius 3 is 2.41 bits per heavy atom. The van der Waals surface area contributed by atoms with E-state index in [2.05, 4.69) is 4.98 Å². The number of pyridine rings is 1. The molecule has 0 saturated carbocycles. The highest BCUT2D eigenvalue weighted by atomic mass is 32.2. The summed E-state index contributed by atoms with van der Waals surface area (Å²) >= 11 is 0. The Morgan fingerprint density at radius 1 is 1.24 bits per heavy atom. The summed E-state index contributed by atoms with van der Waals surface area (Å²) in [5, 5.41) is 0. The summed E-state index contributed by atoms with van der Waals surface area (Å²) in [7, 11) is 1.48. The molecular weight excluding hydrogens is 242 g/mol. The Morgan fingerprint density at radius 2 is 1.88 bits per heavy atom. The van der Waals surface area contributed by atoms with E-state index in [1.54, 1.807) is 0 Å². The van der Waals surface area contributed by atoms with Gasteiger partial charge in [-0.05, 0) is 14.1 Å². The van der Waals surface area contributed by atoms with Crippen molar-refractivity contribution in [3.8, 4) is 0 Å². The van der Waals surface area contributed by atoms with E-state index in [0.29, 0.717) is 13.1 Å². The van der Waals surface area contributed by atoms with E-state index in [0.717, 1.165) is 0 Å². The lowest BCUT2D eigenvalue weighted by atomic mass is 10.5. The number of aromatic nitrogens is 1. The monoisotopic (exact) mass is 259 g/mol. The van der Waals surface area contributed by atoms with Gasteiger partial charge in [0.05, 0.1) is 0 Å². The second kappa shape index (κ2) is 5.44. The normalized spacial score (nSPS) is 12.3. The molecule has 0 aliphatic rings. The van der Waals surface area contributed by atoms with Crippen LogP contribution >= 0.6 is 0 Å². The van der Waals surface area contributed by atoms with Gasteiger partial charge in [-0.2, -0.15) is 4.31 Å². The maximum atomic E-state index is 12.1. The van der Waals surface area contributed by atoms with Crippen molar-refractivity contribution in [3.05, 3.63) is 28.7 Å². The molecule has 6 nitrogen and oxygen atoms in total. The fourth-order valence-corrected chi connectivity index (χ4v) is 2.43. The summed E-state index contributed by atoms with van der Waals surface area (Å²) in [6.07, 6.45) is 2.62. The van der Waals surface area contributed by atoms with Crippen molar-refractivity contribution < 1.29 is 8.42 Å². The largest absolute Gasteiger partial charge is 0.366 e. The van der Waals surface area contributed by atoms with Crippen LogP contribution in [-0.4, -0.2) is 56.8 Å². The smallest absolute Gasteiger partial charge is 0.248 e. The summed E-state index contributed by atoms with van der Waals surface area (Å²) in [6.45, 7) is 0.935. The predicted octanol–water partition coefficient (Wildman–Crippen LogP) is -0.443. The van der Waals surface area contributed by atoms with E-state index in [-0.39, 0.29) is 4.90 Å². The molecule has 1 rings (SSSR count). The first-order valence-electron chi connectivity index (χ1n) is 5.14. The number of rotatable bonds is 5. The summed E-state index contributed by atoms with van der Waals surface area (Å²) in [5.74, 6) is 0. The Balaban J connectivity index is 2.96. The summed E-state index contributed by atoms with van der Waals surface area (Å²) < 4.78 is 25.3. The van der Waals surface area contributed by atoms with E-state index in [1.807, 2.05) is 19.0 Å². The average Bonchev–Trinajstić information content (AvgIpc) is 2.26. The highest BCUT2D eigenvalue weighted by Gasteiger charge is 2.23. The van der Waals surface area contributed by atoms with Crippen molar-refractivity contribution in [1.29, 1.82) is 0 Å². The van der Waals surface area contributed by atoms with Gasteiger partial charge in [0.15, 0.2) is 0 Å². The van der Waals surface area contributed by atoms with Gasteiger partial charge in [0.1, 0.15) is 4.90 Å². The van der Waals surface area contributed by atoms with Crippen LogP contribution in [0.1, 0.15) is 0 Å². The van der Waals surface area contributed by atoms with Gasteiger partial charge in [-0.3, -0.25) is 4.79 Å². The molecule has 0 saturated heterocycles. The van der Waals surface area contributed by atoms with Crippen molar-refractivity contribution in [1.82, 2.24) is 14.2 Å². The molecule has 0 atom stereocenters. The number of likely N-dealkylation sites (N-methyl/N-ethyl adjacent to an activating group) is 2. The number of aromatic amines is 1. The number of hydrogen-bond donors (Lipinski definition) is 1. The first-order valence-corrected chi connectivity index (χ1v) is 6.58. The zero-order valence-corrected chi connectivity index (χ0v) is 11.0. The number of H-pyrrole nitrogens is 1. The molecule has 7 heteroatoms. The molecule has 1 N–H and O–H groups in total. The number of sulfonamides is 1. The van der Waals surface area contributed by atoms with Crippen molar-refractivity contribution >= 4 is 10.0 Å². The number of nitrogens with zero attached hydrogens (tertiary/aromatic N) is 2. The molecule has 17 heavy (non-hydrogen) atoms. The fourth-order valence-electron chi connectivity index (χ4n) is 1.23. The van der Waals surface area contributed by atoms with E-state index >= 15 is 0 Å². The quantitative estimate of drug-likeness (QED) is 0.778. The Labute approximate surface area is 101 Å². The van der Waals surface area contributed by atoms with Gasteiger partial charge in [0.25, 0.3) is 0 Å². The minimum absolute atomic E-state index is 0.221. The van der Waals surface area contributed by atoms with Gasteiger partial charge in [-0.25, -0.2) is 8.42 Å². The van der Waals surface area contributed by atoms with E-state index < -0.39 is 15.5 Å². The van der Waals surface area contributed by atoms with Crippen LogP contribution in [0, 0.1) is 0 Å². The summed E-state index contributed by atoms with van der Waals surface area (Å²) in [4.78, 5) is 15.7. The standard InChI is InChI=1S/C10H17N3O3S/c1-12(2)6-7-13(3)17(15,16)10-8-11-5-4-9(10)14/h4-5,8H,6-7H2,1-3H3,(H,11,14). The van der Waals surface area contributed by atoms with Crippen molar-refractivity contribution in [3.63, 3.8) is 0 Å². The van der Waals surface area contributed by atoms with Crippen LogP contribution in [0.25, 0.3) is 0 Å². The van der Waals surface area contributed by atoms with Crippen LogP contribution in [0.4, 0.5) is 0 Å². The third-order valence-electron chi connectivity index (χ3n) is 2.34. The van der Waals surface area contributed by atoms with Gasteiger partial charge in [0.2, 0.25) is 15.5 Å². The molecular formula is C10H17N3O3S. The maximum Gasteiger partial charge on any atom is 0.248 e. The second-order valence-electron chi connectivity index (χ2n) is 4.00. The fraction of sp³-hybridized carbons (Fsp3) is 0.500. The molecule has 96 valence electrons. The lowest BCUT2D eigenvalue weighted by Gasteiger charge is -2.18. The average molecular weight is 259 g/mol. The molecule has 0 unspecified atom stereocenters. The Hall–Kier alpha value is -1.18. The van der Waals surface area contributed by atoms with Crippen molar-refractivity contribution in [2.45, 2.75) is 4.90 Å². The van der Waals surface area contributed by atoms with E-state index in [4.69, 9.17) is 0 Å². The molecule has 0 aliphatic heterocycles. The third kappa shape index (κ3) is 3.39.